The molecule has 1 aliphatic heterocycles. The van der Waals surface area contributed by atoms with Crippen LogP contribution < -0.4 is 14.8 Å². The molecule has 4 nitrogen and oxygen atoms in total. The van der Waals surface area contributed by atoms with E-state index >= 15 is 0 Å². The lowest BCUT2D eigenvalue weighted by Crippen LogP contribution is -2.16. The lowest BCUT2D eigenvalue weighted by atomic mass is 10.2. The number of thiazole rings is 1. The van der Waals surface area contributed by atoms with Crippen molar-refractivity contribution >= 4 is 22.9 Å². The minimum Gasteiger partial charge on any atom is -0.489 e. The Morgan fingerprint density at radius 3 is 3.05 bits per heavy atom. The summed E-state index contributed by atoms with van der Waals surface area (Å²) in [4.78, 5) is 4.26. The summed E-state index contributed by atoms with van der Waals surface area (Å²) < 4.78 is 11.3. The average molecular weight is 325 g/mol. The van der Waals surface area contributed by atoms with Gasteiger partial charge in [-0.3, -0.25) is 0 Å². The van der Waals surface area contributed by atoms with Crippen LogP contribution in [-0.4, -0.2) is 24.7 Å². The van der Waals surface area contributed by atoms with Crippen molar-refractivity contribution in [2.75, 3.05) is 19.8 Å². The van der Waals surface area contributed by atoms with Crippen LogP contribution in [0.1, 0.15) is 17.0 Å². The molecule has 0 amide bonds. The quantitative estimate of drug-likeness (QED) is 0.857. The summed E-state index contributed by atoms with van der Waals surface area (Å²) in [7, 11) is 0. The van der Waals surface area contributed by atoms with Crippen LogP contribution in [0, 0.1) is 0 Å². The Balaban J connectivity index is 1.58. The summed E-state index contributed by atoms with van der Waals surface area (Å²) in [5.74, 6) is 1.41. The predicted octanol–water partition coefficient (Wildman–Crippen LogP) is 3.29. The lowest BCUT2D eigenvalue weighted by molar-refractivity contribution is 0.297. The van der Waals surface area contributed by atoms with Gasteiger partial charge in [0.05, 0.1) is 23.2 Å². The number of nitrogens with zero attached hydrogens (tertiary/aromatic N) is 1. The molecular weight excluding hydrogens is 308 g/mol. The first kappa shape index (κ1) is 14.6. The van der Waals surface area contributed by atoms with Gasteiger partial charge in [0.2, 0.25) is 0 Å². The fraction of sp³-hybridized carbons (Fsp3) is 0.400. The molecule has 1 aromatic heterocycles. The van der Waals surface area contributed by atoms with E-state index in [0.29, 0.717) is 24.0 Å². The molecule has 2 heterocycles. The van der Waals surface area contributed by atoms with Gasteiger partial charge in [0.15, 0.2) is 11.5 Å². The van der Waals surface area contributed by atoms with Gasteiger partial charge in [-0.2, -0.15) is 0 Å². The normalized spacial score (nSPS) is 14.0. The molecule has 0 saturated heterocycles. The predicted molar refractivity (Wildman–Crippen MR) is 84.6 cm³/mol. The smallest absolute Gasteiger partial charge is 0.179 e. The maximum atomic E-state index is 6.27. The minimum atomic E-state index is 0.617. The maximum Gasteiger partial charge on any atom is 0.179 e. The fourth-order valence-electron chi connectivity index (χ4n) is 2.19. The van der Waals surface area contributed by atoms with Crippen molar-refractivity contribution in [1.82, 2.24) is 10.3 Å². The van der Waals surface area contributed by atoms with E-state index in [1.54, 1.807) is 11.3 Å². The molecule has 0 unspecified atom stereocenters. The summed E-state index contributed by atoms with van der Waals surface area (Å²) in [5.41, 5.74) is 1.10. The highest BCUT2D eigenvalue weighted by Gasteiger charge is 2.15. The summed E-state index contributed by atoms with van der Waals surface area (Å²) in [6.45, 7) is 2.96. The van der Waals surface area contributed by atoms with Crippen molar-refractivity contribution in [1.29, 1.82) is 0 Å². The van der Waals surface area contributed by atoms with Crippen LogP contribution in [0.5, 0.6) is 11.5 Å². The zero-order valence-electron chi connectivity index (χ0n) is 11.6. The topological polar surface area (TPSA) is 43.4 Å². The van der Waals surface area contributed by atoms with E-state index in [0.717, 1.165) is 42.3 Å². The number of hydrogen-bond acceptors (Lipinski definition) is 5. The van der Waals surface area contributed by atoms with E-state index in [-0.39, 0.29) is 0 Å². The second kappa shape index (κ2) is 7.11. The number of fused-ring (bicyclic) bond motifs is 1. The molecule has 6 heteroatoms. The monoisotopic (exact) mass is 324 g/mol. The molecule has 2 aromatic rings. The molecule has 21 heavy (non-hydrogen) atoms. The highest BCUT2D eigenvalue weighted by Crippen LogP contribution is 2.37. The van der Waals surface area contributed by atoms with Gasteiger partial charge in [0, 0.05) is 37.5 Å². The summed E-state index contributed by atoms with van der Waals surface area (Å²) in [6.07, 6.45) is 3.66. The summed E-state index contributed by atoms with van der Waals surface area (Å²) in [5, 5.41) is 7.17. The number of halogens is 1. The molecule has 0 aliphatic carbocycles. The average Bonchev–Trinajstić information content (AvgIpc) is 2.87. The van der Waals surface area contributed by atoms with Gasteiger partial charge in [0.1, 0.15) is 0 Å². The second-order valence-electron chi connectivity index (χ2n) is 4.81. The van der Waals surface area contributed by atoms with E-state index < -0.39 is 0 Å². The van der Waals surface area contributed by atoms with Crippen molar-refractivity contribution in [3.05, 3.63) is 39.3 Å². The molecule has 3 rings (SSSR count). The standard InChI is InChI=1S/C15H17ClN2O2S/c16-12-8-11(9-13-15(12)20-6-1-5-19-13)10-17-3-2-14-18-4-7-21-14/h4,7-9,17H,1-3,5-6,10H2. The number of benzene rings is 1. The number of rotatable bonds is 5. The van der Waals surface area contributed by atoms with Crippen molar-refractivity contribution in [3.8, 4) is 11.5 Å². The Labute approximate surface area is 133 Å². The van der Waals surface area contributed by atoms with E-state index in [1.807, 2.05) is 23.7 Å². The van der Waals surface area contributed by atoms with E-state index in [4.69, 9.17) is 21.1 Å². The molecule has 0 fully saturated rings. The van der Waals surface area contributed by atoms with Gasteiger partial charge in [0.25, 0.3) is 0 Å². The Hall–Kier alpha value is -1.30. The van der Waals surface area contributed by atoms with Crippen LogP contribution in [0.3, 0.4) is 0 Å². The van der Waals surface area contributed by atoms with Crippen LogP contribution in [0.25, 0.3) is 0 Å². The third kappa shape index (κ3) is 3.87. The number of hydrogen-bond donors (Lipinski definition) is 1. The molecule has 112 valence electrons. The minimum absolute atomic E-state index is 0.617. The maximum absolute atomic E-state index is 6.27. The first-order valence-electron chi connectivity index (χ1n) is 7.00. The fourth-order valence-corrected chi connectivity index (χ4v) is 3.10. The van der Waals surface area contributed by atoms with Crippen molar-refractivity contribution < 1.29 is 9.47 Å². The molecule has 0 spiro atoms. The molecule has 0 atom stereocenters. The van der Waals surface area contributed by atoms with Crippen molar-refractivity contribution in [2.45, 2.75) is 19.4 Å². The van der Waals surface area contributed by atoms with E-state index in [2.05, 4.69) is 10.3 Å². The van der Waals surface area contributed by atoms with E-state index in [9.17, 15) is 0 Å². The van der Waals surface area contributed by atoms with Crippen LogP contribution in [0.2, 0.25) is 5.02 Å². The van der Waals surface area contributed by atoms with Crippen LogP contribution in [-0.2, 0) is 13.0 Å². The van der Waals surface area contributed by atoms with Gasteiger partial charge in [-0.15, -0.1) is 11.3 Å². The molecule has 0 saturated carbocycles. The molecule has 1 aliphatic rings. The first-order valence-corrected chi connectivity index (χ1v) is 8.26. The number of ether oxygens (including phenoxy) is 2. The first-order chi connectivity index (χ1) is 10.3. The van der Waals surface area contributed by atoms with Gasteiger partial charge in [-0.25, -0.2) is 4.98 Å². The van der Waals surface area contributed by atoms with Crippen molar-refractivity contribution in [2.24, 2.45) is 0 Å². The SMILES string of the molecule is Clc1cc(CNCCc2nccs2)cc2c1OCCCO2. The Morgan fingerprint density at radius 1 is 1.29 bits per heavy atom. The third-order valence-corrected chi connectivity index (χ3v) is 4.31. The van der Waals surface area contributed by atoms with Gasteiger partial charge in [-0.1, -0.05) is 11.6 Å². The number of aromatic nitrogens is 1. The highest BCUT2D eigenvalue weighted by atomic mass is 35.5. The molecule has 1 aromatic carbocycles. The van der Waals surface area contributed by atoms with Crippen LogP contribution in [0.4, 0.5) is 0 Å². The van der Waals surface area contributed by atoms with Gasteiger partial charge < -0.3 is 14.8 Å². The molecule has 0 bridgehead atoms. The van der Waals surface area contributed by atoms with Gasteiger partial charge in [-0.05, 0) is 17.7 Å². The molecule has 0 radical (unpaired) electrons. The van der Waals surface area contributed by atoms with Crippen molar-refractivity contribution in [3.63, 3.8) is 0 Å². The third-order valence-electron chi connectivity index (χ3n) is 3.19. The molecular formula is C15H17ClN2O2S. The summed E-state index contributed by atoms with van der Waals surface area (Å²) >= 11 is 7.96. The highest BCUT2D eigenvalue weighted by molar-refractivity contribution is 7.09. The molecule has 1 N–H and O–H groups in total. The lowest BCUT2D eigenvalue weighted by Gasteiger charge is -2.12. The van der Waals surface area contributed by atoms with Gasteiger partial charge >= 0.3 is 0 Å². The van der Waals surface area contributed by atoms with E-state index in [1.165, 1.54) is 0 Å². The largest absolute Gasteiger partial charge is 0.489 e. The Bertz CT molecular complexity index is 590. The zero-order chi connectivity index (χ0) is 14.5. The number of nitrogens with one attached hydrogen (secondary N) is 1. The van der Waals surface area contributed by atoms with Crippen LogP contribution >= 0.6 is 22.9 Å². The zero-order valence-corrected chi connectivity index (χ0v) is 13.2. The van der Waals surface area contributed by atoms with Crippen LogP contribution in [0.15, 0.2) is 23.7 Å². The second-order valence-corrected chi connectivity index (χ2v) is 6.19. The Morgan fingerprint density at radius 2 is 2.19 bits per heavy atom. The summed E-state index contributed by atoms with van der Waals surface area (Å²) in [6, 6.07) is 3.94. The Kier molecular flexibility index (Phi) is 4.95.